The van der Waals surface area contributed by atoms with Crippen molar-refractivity contribution >= 4 is 17.0 Å². The Morgan fingerprint density at radius 1 is 1.17 bits per heavy atom. The van der Waals surface area contributed by atoms with Crippen molar-refractivity contribution in [3.05, 3.63) is 34.8 Å². The van der Waals surface area contributed by atoms with Gasteiger partial charge in [-0.1, -0.05) is 12.1 Å². The highest BCUT2D eigenvalue weighted by molar-refractivity contribution is 5.76. The molecule has 6 heteroatoms. The Balaban J connectivity index is 1.69. The summed E-state index contributed by atoms with van der Waals surface area (Å²) in [5.74, 6) is -0.350. The fourth-order valence-corrected chi connectivity index (χ4v) is 2.49. The van der Waals surface area contributed by atoms with E-state index in [1.54, 1.807) is 10.6 Å². The number of nitrogens with one attached hydrogen (secondary N) is 2. The molecule has 0 spiro atoms. The van der Waals surface area contributed by atoms with Gasteiger partial charge in [0.2, 0.25) is 5.91 Å². The zero-order valence-electron chi connectivity index (χ0n) is 14.7. The minimum absolute atomic E-state index is 0.0200. The predicted molar refractivity (Wildman–Crippen MR) is 95.1 cm³/mol. The van der Waals surface area contributed by atoms with Crippen LogP contribution >= 0.6 is 0 Å². The molecule has 0 fully saturated rings. The summed E-state index contributed by atoms with van der Waals surface area (Å²) in [5, 5.41) is 6.29. The molecule has 0 unspecified atom stereocenters. The molecule has 0 aliphatic carbocycles. The molecule has 0 atom stereocenters. The van der Waals surface area contributed by atoms with Crippen molar-refractivity contribution in [2.75, 3.05) is 13.1 Å². The monoisotopic (exact) mass is 333 g/mol. The average molecular weight is 333 g/mol. The van der Waals surface area contributed by atoms with Crippen LogP contribution in [0.15, 0.2) is 33.5 Å². The van der Waals surface area contributed by atoms with Gasteiger partial charge in [-0.05, 0) is 52.3 Å². The number of aromatic nitrogens is 1. The molecule has 2 rings (SSSR count). The maximum Gasteiger partial charge on any atom is 0.419 e. The summed E-state index contributed by atoms with van der Waals surface area (Å²) in [6.07, 6.45) is 1.91. The summed E-state index contributed by atoms with van der Waals surface area (Å²) in [6.45, 7) is 8.37. The van der Waals surface area contributed by atoms with Gasteiger partial charge in [0, 0.05) is 25.0 Å². The van der Waals surface area contributed by atoms with Crippen LogP contribution in [-0.2, 0) is 11.3 Å². The smallest absolute Gasteiger partial charge is 0.408 e. The average Bonchev–Trinajstić information content (AvgIpc) is 2.82. The van der Waals surface area contributed by atoms with Gasteiger partial charge in [0.1, 0.15) is 0 Å². The Bertz CT molecular complexity index is 725. The van der Waals surface area contributed by atoms with Crippen molar-refractivity contribution in [3.63, 3.8) is 0 Å². The van der Waals surface area contributed by atoms with E-state index >= 15 is 0 Å². The summed E-state index contributed by atoms with van der Waals surface area (Å²) >= 11 is 0. The molecule has 0 radical (unpaired) electrons. The number of carbonyl (C=O) groups excluding carboxylic acids is 1. The molecular weight excluding hydrogens is 306 g/mol. The van der Waals surface area contributed by atoms with Crippen molar-refractivity contribution in [3.8, 4) is 0 Å². The third-order valence-corrected chi connectivity index (χ3v) is 3.69. The van der Waals surface area contributed by atoms with Crippen molar-refractivity contribution in [1.82, 2.24) is 15.2 Å². The Kier molecular flexibility index (Phi) is 6.20. The highest BCUT2D eigenvalue weighted by Gasteiger charge is 2.09. The van der Waals surface area contributed by atoms with Gasteiger partial charge < -0.3 is 15.1 Å². The lowest BCUT2D eigenvalue weighted by molar-refractivity contribution is -0.121. The first-order valence-electron chi connectivity index (χ1n) is 8.47. The number of aryl methyl sites for hydroxylation is 1. The molecule has 0 saturated carbocycles. The molecule has 1 aromatic carbocycles. The van der Waals surface area contributed by atoms with E-state index in [0.717, 1.165) is 18.5 Å². The number of nitrogens with zero attached hydrogens (tertiary/aromatic N) is 1. The van der Waals surface area contributed by atoms with E-state index in [2.05, 4.69) is 31.4 Å². The van der Waals surface area contributed by atoms with E-state index in [0.29, 0.717) is 31.5 Å². The van der Waals surface area contributed by atoms with Crippen LogP contribution in [0.3, 0.4) is 0 Å². The van der Waals surface area contributed by atoms with Gasteiger partial charge in [0.25, 0.3) is 0 Å². The molecule has 0 aliphatic heterocycles. The molecular formula is C18H27N3O3. The molecule has 1 amide bonds. The normalized spacial score (nSPS) is 11.8. The van der Waals surface area contributed by atoms with Gasteiger partial charge in [0.15, 0.2) is 5.58 Å². The molecule has 0 saturated heterocycles. The highest BCUT2D eigenvalue weighted by atomic mass is 16.4. The standard InChI is InChI=1S/C18H27N3O3/c1-18(2,3)20-12-7-11-19-16(22)10-6-13-21-14-8-4-5-9-15(14)24-17(21)23/h4-5,8-9,20H,6-7,10-13H2,1-3H3,(H,19,22). The summed E-state index contributed by atoms with van der Waals surface area (Å²) in [4.78, 5) is 23.7. The number of hydrogen-bond acceptors (Lipinski definition) is 4. The number of hydrogen-bond donors (Lipinski definition) is 2. The molecule has 0 bridgehead atoms. The molecule has 1 heterocycles. The lowest BCUT2D eigenvalue weighted by Gasteiger charge is -2.20. The van der Waals surface area contributed by atoms with Crippen LogP contribution in [0.25, 0.3) is 11.1 Å². The van der Waals surface area contributed by atoms with Crippen molar-refractivity contribution in [1.29, 1.82) is 0 Å². The number of rotatable bonds is 8. The van der Waals surface area contributed by atoms with E-state index in [9.17, 15) is 9.59 Å². The van der Waals surface area contributed by atoms with E-state index < -0.39 is 0 Å². The largest absolute Gasteiger partial charge is 0.419 e. The van der Waals surface area contributed by atoms with E-state index in [1.807, 2.05) is 18.2 Å². The van der Waals surface area contributed by atoms with Crippen LogP contribution < -0.4 is 16.4 Å². The highest BCUT2D eigenvalue weighted by Crippen LogP contribution is 2.12. The van der Waals surface area contributed by atoms with Crippen LogP contribution in [0.2, 0.25) is 0 Å². The third kappa shape index (κ3) is 5.53. The van der Waals surface area contributed by atoms with Crippen LogP contribution in [0, 0.1) is 0 Å². The minimum Gasteiger partial charge on any atom is -0.408 e. The van der Waals surface area contributed by atoms with Crippen LogP contribution in [0.1, 0.15) is 40.0 Å². The molecule has 2 aromatic rings. The second kappa shape index (κ2) is 8.15. The molecule has 2 N–H and O–H groups in total. The quantitative estimate of drug-likeness (QED) is 0.727. The SMILES string of the molecule is CC(C)(C)NCCCNC(=O)CCCn1c(=O)oc2ccccc21. The summed E-state index contributed by atoms with van der Waals surface area (Å²) in [6, 6.07) is 7.32. The molecule has 6 nitrogen and oxygen atoms in total. The number of amides is 1. The molecule has 24 heavy (non-hydrogen) atoms. The predicted octanol–water partition coefficient (Wildman–Crippen LogP) is 2.27. The first-order chi connectivity index (χ1) is 11.4. The Morgan fingerprint density at radius 3 is 2.67 bits per heavy atom. The van der Waals surface area contributed by atoms with E-state index in [1.165, 1.54) is 0 Å². The fourth-order valence-electron chi connectivity index (χ4n) is 2.49. The van der Waals surface area contributed by atoms with E-state index in [4.69, 9.17) is 4.42 Å². The number of fused-ring (bicyclic) bond motifs is 1. The van der Waals surface area contributed by atoms with Gasteiger partial charge in [-0.2, -0.15) is 0 Å². The van der Waals surface area contributed by atoms with Crippen molar-refractivity contribution in [2.45, 2.75) is 52.1 Å². The molecule has 1 aromatic heterocycles. The van der Waals surface area contributed by atoms with E-state index in [-0.39, 0.29) is 17.2 Å². The summed E-state index contributed by atoms with van der Waals surface area (Å²) in [5.41, 5.74) is 1.46. The summed E-state index contributed by atoms with van der Waals surface area (Å²) in [7, 11) is 0. The van der Waals surface area contributed by atoms with Gasteiger partial charge in [-0.25, -0.2) is 4.79 Å². The Labute approximate surface area is 142 Å². The lowest BCUT2D eigenvalue weighted by atomic mass is 10.1. The van der Waals surface area contributed by atoms with Gasteiger partial charge in [-0.3, -0.25) is 9.36 Å². The first-order valence-corrected chi connectivity index (χ1v) is 8.47. The summed E-state index contributed by atoms with van der Waals surface area (Å²) < 4.78 is 6.75. The van der Waals surface area contributed by atoms with Crippen molar-refractivity contribution < 1.29 is 9.21 Å². The minimum atomic E-state index is -0.370. The molecule has 0 aliphatic rings. The maximum atomic E-state index is 11.8. The zero-order chi connectivity index (χ0) is 17.6. The molecule has 132 valence electrons. The fraction of sp³-hybridized carbons (Fsp3) is 0.556. The zero-order valence-corrected chi connectivity index (χ0v) is 14.7. The number of para-hydroxylation sites is 2. The topological polar surface area (TPSA) is 76.3 Å². The number of benzene rings is 1. The van der Waals surface area contributed by atoms with Crippen molar-refractivity contribution in [2.24, 2.45) is 0 Å². The van der Waals surface area contributed by atoms with Gasteiger partial charge in [0.05, 0.1) is 5.52 Å². The number of carbonyl (C=O) groups is 1. The Hall–Kier alpha value is -2.08. The number of oxazole rings is 1. The van der Waals surface area contributed by atoms with Gasteiger partial charge in [-0.15, -0.1) is 0 Å². The van der Waals surface area contributed by atoms with Crippen LogP contribution in [-0.4, -0.2) is 29.1 Å². The maximum absolute atomic E-state index is 11.8. The first kappa shape index (κ1) is 18.3. The van der Waals surface area contributed by atoms with Gasteiger partial charge >= 0.3 is 5.76 Å². The second-order valence-corrected chi connectivity index (χ2v) is 6.97. The van der Waals surface area contributed by atoms with Crippen LogP contribution in [0.5, 0.6) is 0 Å². The Morgan fingerprint density at radius 2 is 1.92 bits per heavy atom. The third-order valence-electron chi connectivity index (χ3n) is 3.69. The lowest BCUT2D eigenvalue weighted by Crippen LogP contribution is -2.37. The second-order valence-electron chi connectivity index (χ2n) is 6.97. The van der Waals surface area contributed by atoms with Crippen LogP contribution in [0.4, 0.5) is 0 Å².